The summed E-state index contributed by atoms with van der Waals surface area (Å²) in [7, 11) is 3.86. The lowest BCUT2D eigenvalue weighted by Crippen LogP contribution is -2.30. The molecule has 2 aromatic rings. The van der Waals surface area contributed by atoms with Crippen molar-refractivity contribution < 1.29 is 13.9 Å². The molecule has 0 radical (unpaired) electrons. The molecular weight excluding hydrogens is 282 g/mol. The molecule has 1 saturated heterocycles. The summed E-state index contributed by atoms with van der Waals surface area (Å²) in [5.41, 5.74) is 0.580. The van der Waals surface area contributed by atoms with E-state index in [2.05, 4.69) is 4.98 Å². The van der Waals surface area contributed by atoms with Crippen LogP contribution in [-0.4, -0.2) is 49.1 Å². The van der Waals surface area contributed by atoms with Crippen LogP contribution in [0.25, 0.3) is 0 Å². The van der Waals surface area contributed by atoms with Gasteiger partial charge in [0, 0.05) is 33.3 Å². The second-order valence-electron chi connectivity index (χ2n) is 5.51. The molecule has 0 spiro atoms. The lowest BCUT2D eigenvalue weighted by atomic mass is 10.3. The van der Waals surface area contributed by atoms with E-state index in [-0.39, 0.29) is 12.0 Å². The van der Waals surface area contributed by atoms with Crippen LogP contribution in [-0.2, 0) is 0 Å². The van der Waals surface area contributed by atoms with Gasteiger partial charge in [0.25, 0.3) is 5.91 Å². The molecule has 0 bridgehead atoms. The van der Waals surface area contributed by atoms with Gasteiger partial charge in [0.15, 0.2) is 11.6 Å². The van der Waals surface area contributed by atoms with Crippen LogP contribution in [0.1, 0.15) is 16.8 Å². The van der Waals surface area contributed by atoms with Crippen molar-refractivity contribution in [2.45, 2.75) is 12.5 Å². The van der Waals surface area contributed by atoms with Gasteiger partial charge in [-0.3, -0.25) is 4.79 Å². The van der Waals surface area contributed by atoms with Crippen molar-refractivity contribution in [3.63, 3.8) is 0 Å². The molecule has 1 atom stereocenters. The molecule has 0 unspecified atom stereocenters. The molecule has 2 aromatic heterocycles. The summed E-state index contributed by atoms with van der Waals surface area (Å²) in [6.07, 6.45) is 5.52. The number of hydrogen-bond acceptors (Lipinski definition) is 5. The van der Waals surface area contributed by atoms with Gasteiger partial charge < -0.3 is 19.0 Å². The first-order valence-electron chi connectivity index (χ1n) is 7.25. The Kier molecular flexibility index (Phi) is 4.00. The van der Waals surface area contributed by atoms with Crippen LogP contribution in [0.3, 0.4) is 0 Å². The van der Waals surface area contributed by atoms with Gasteiger partial charge in [0.1, 0.15) is 12.4 Å². The number of furan rings is 1. The summed E-state index contributed by atoms with van der Waals surface area (Å²) in [5, 5.41) is 0. The van der Waals surface area contributed by atoms with E-state index in [0.717, 1.165) is 18.0 Å². The maximum Gasteiger partial charge on any atom is 0.257 e. The van der Waals surface area contributed by atoms with Crippen LogP contribution < -0.4 is 9.64 Å². The highest BCUT2D eigenvalue weighted by atomic mass is 16.5. The molecule has 1 aliphatic heterocycles. The summed E-state index contributed by atoms with van der Waals surface area (Å²) in [6, 6.07) is 5.44. The zero-order valence-electron chi connectivity index (χ0n) is 12.7. The normalized spacial score (nSPS) is 17.5. The van der Waals surface area contributed by atoms with E-state index in [4.69, 9.17) is 9.15 Å². The fourth-order valence-electron chi connectivity index (χ4n) is 2.57. The largest absolute Gasteiger partial charge is 0.485 e. The number of anilines is 1. The van der Waals surface area contributed by atoms with Gasteiger partial charge >= 0.3 is 0 Å². The fraction of sp³-hybridized carbons (Fsp3) is 0.375. The molecule has 1 aliphatic rings. The molecule has 0 aromatic carbocycles. The number of carbonyl (C=O) groups is 1. The summed E-state index contributed by atoms with van der Waals surface area (Å²) >= 11 is 0. The third-order valence-corrected chi connectivity index (χ3v) is 3.67. The van der Waals surface area contributed by atoms with Crippen LogP contribution in [0.15, 0.2) is 41.3 Å². The third-order valence-electron chi connectivity index (χ3n) is 3.67. The van der Waals surface area contributed by atoms with Crippen LogP contribution in [0.4, 0.5) is 5.82 Å². The average molecular weight is 301 g/mol. The number of hydrogen-bond donors (Lipinski definition) is 0. The average Bonchev–Trinajstić information content (AvgIpc) is 3.18. The summed E-state index contributed by atoms with van der Waals surface area (Å²) in [4.78, 5) is 20.3. The maximum absolute atomic E-state index is 12.3. The van der Waals surface area contributed by atoms with Crippen LogP contribution in [0.2, 0.25) is 0 Å². The predicted molar refractivity (Wildman–Crippen MR) is 82.2 cm³/mol. The zero-order valence-corrected chi connectivity index (χ0v) is 12.7. The van der Waals surface area contributed by atoms with Crippen molar-refractivity contribution in [1.82, 2.24) is 9.88 Å². The highest BCUT2D eigenvalue weighted by Gasteiger charge is 2.29. The highest BCUT2D eigenvalue weighted by Crippen LogP contribution is 2.27. The highest BCUT2D eigenvalue weighted by molar-refractivity contribution is 5.94. The summed E-state index contributed by atoms with van der Waals surface area (Å²) in [5.74, 6) is 1.52. The monoisotopic (exact) mass is 301 g/mol. The van der Waals surface area contributed by atoms with Gasteiger partial charge in [-0.15, -0.1) is 0 Å². The Morgan fingerprint density at radius 3 is 3.05 bits per heavy atom. The van der Waals surface area contributed by atoms with Crippen molar-refractivity contribution >= 4 is 11.7 Å². The first-order valence-corrected chi connectivity index (χ1v) is 7.25. The Hall–Kier alpha value is -2.50. The van der Waals surface area contributed by atoms with E-state index in [1.54, 1.807) is 17.2 Å². The molecule has 0 aliphatic carbocycles. The van der Waals surface area contributed by atoms with Crippen molar-refractivity contribution in [2.24, 2.45) is 0 Å². The Morgan fingerprint density at radius 2 is 2.32 bits per heavy atom. The summed E-state index contributed by atoms with van der Waals surface area (Å²) in [6.45, 7) is 1.26. The quantitative estimate of drug-likeness (QED) is 0.865. The zero-order chi connectivity index (χ0) is 15.5. The Balaban J connectivity index is 1.65. The molecule has 0 saturated carbocycles. The number of nitrogens with zero attached hydrogens (tertiary/aromatic N) is 3. The van der Waals surface area contributed by atoms with Gasteiger partial charge in [-0.1, -0.05) is 0 Å². The van der Waals surface area contributed by atoms with Crippen molar-refractivity contribution in [1.29, 1.82) is 0 Å². The van der Waals surface area contributed by atoms with Crippen molar-refractivity contribution in [2.75, 3.05) is 32.1 Å². The SMILES string of the molecule is CN(C)c1ncccc1O[C@@H]1CCN(C(=O)c2ccoc2)C1. The topological polar surface area (TPSA) is 58.8 Å². The van der Waals surface area contributed by atoms with Gasteiger partial charge in [-0.05, 0) is 18.2 Å². The predicted octanol–water partition coefficient (Wildman–Crippen LogP) is 2.03. The minimum absolute atomic E-state index is 0.0149. The van der Waals surface area contributed by atoms with Crippen molar-refractivity contribution in [3.05, 3.63) is 42.5 Å². The number of ether oxygens (including phenoxy) is 1. The third kappa shape index (κ3) is 2.90. The smallest absolute Gasteiger partial charge is 0.257 e. The first kappa shape index (κ1) is 14.4. The maximum atomic E-state index is 12.3. The summed E-state index contributed by atoms with van der Waals surface area (Å²) < 4.78 is 11.0. The number of aromatic nitrogens is 1. The Labute approximate surface area is 129 Å². The van der Waals surface area contributed by atoms with Gasteiger partial charge in [0.2, 0.25) is 0 Å². The van der Waals surface area contributed by atoms with Crippen LogP contribution in [0, 0.1) is 0 Å². The first-order chi connectivity index (χ1) is 10.6. The number of likely N-dealkylation sites (tertiary alicyclic amines) is 1. The minimum Gasteiger partial charge on any atom is -0.485 e. The fourth-order valence-corrected chi connectivity index (χ4v) is 2.57. The lowest BCUT2D eigenvalue weighted by molar-refractivity contribution is 0.0772. The van der Waals surface area contributed by atoms with Crippen molar-refractivity contribution in [3.8, 4) is 5.75 Å². The second kappa shape index (κ2) is 6.09. The molecular formula is C16H19N3O3. The molecule has 1 amide bonds. The molecule has 22 heavy (non-hydrogen) atoms. The molecule has 3 rings (SSSR count). The van der Waals surface area contributed by atoms with Gasteiger partial charge in [-0.2, -0.15) is 0 Å². The Morgan fingerprint density at radius 1 is 1.45 bits per heavy atom. The standard InChI is InChI=1S/C16H19N3O3/c1-18(2)15-14(4-3-7-17-15)22-13-5-8-19(10-13)16(20)12-6-9-21-11-12/h3-4,6-7,9,11,13H,5,8,10H2,1-2H3/t13-/m1/s1. The van der Waals surface area contributed by atoms with E-state index in [0.29, 0.717) is 18.7 Å². The van der Waals surface area contributed by atoms with E-state index in [1.807, 2.05) is 31.1 Å². The van der Waals surface area contributed by atoms with Crippen LogP contribution in [0.5, 0.6) is 5.75 Å². The van der Waals surface area contributed by atoms with E-state index < -0.39 is 0 Å². The number of amides is 1. The van der Waals surface area contributed by atoms with E-state index in [1.165, 1.54) is 12.5 Å². The molecule has 0 N–H and O–H groups in total. The second-order valence-corrected chi connectivity index (χ2v) is 5.51. The molecule has 116 valence electrons. The van der Waals surface area contributed by atoms with Crippen LogP contribution >= 0.6 is 0 Å². The lowest BCUT2D eigenvalue weighted by Gasteiger charge is -2.20. The molecule has 3 heterocycles. The number of rotatable bonds is 4. The van der Waals surface area contributed by atoms with E-state index >= 15 is 0 Å². The van der Waals surface area contributed by atoms with E-state index in [9.17, 15) is 4.79 Å². The van der Waals surface area contributed by atoms with Gasteiger partial charge in [-0.25, -0.2) is 4.98 Å². The number of carbonyl (C=O) groups excluding carboxylic acids is 1. The molecule has 6 nitrogen and oxygen atoms in total. The Bertz CT molecular complexity index is 640. The van der Waals surface area contributed by atoms with Gasteiger partial charge in [0.05, 0.1) is 18.4 Å². The molecule has 1 fully saturated rings. The minimum atomic E-state index is -0.0150. The number of pyridine rings is 1. The molecule has 6 heteroatoms.